The quantitative estimate of drug-likeness (QED) is 0.680. The number of hydrogen-bond donors (Lipinski definition) is 3. The summed E-state index contributed by atoms with van der Waals surface area (Å²) in [5.41, 5.74) is 5.99. The molecule has 0 aliphatic carbocycles. The maximum atomic E-state index is 11.5. The fourth-order valence-corrected chi connectivity index (χ4v) is 3.09. The molecule has 2 aliphatic heterocycles. The average Bonchev–Trinajstić information content (AvgIpc) is 3.02. The molecule has 3 rings (SSSR count). The second-order valence-electron chi connectivity index (χ2n) is 7.43. The van der Waals surface area contributed by atoms with Crippen molar-refractivity contribution in [2.45, 2.75) is 46.2 Å². The van der Waals surface area contributed by atoms with E-state index in [1.54, 1.807) is 32.0 Å². The number of nitrogens with two attached hydrogens (primary N) is 1. The number of nitrogens with zero attached hydrogens (tertiary/aromatic N) is 1. The molecule has 2 aliphatic rings. The van der Waals surface area contributed by atoms with Crippen molar-refractivity contribution >= 4 is 17.8 Å². The minimum atomic E-state index is -0.703. The predicted octanol–water partition coefficient (Wildman–Crippen LogP) is 1.88. The van der Waals surface area contributed by atoms with E-state index in [4.69, 9.17) is 10.5 Å². The van der Waals surface area contributed by atoms with Crippen LogP contribution in [0.4, 0.5) is 4.79 Å². The fourth-order valence-electron chi connectivity index (χ4n) is 3.09. The Labute approximate surface area is 166 Å². The van der Waals surface area contributed by atoms with Crippen molar-refractivity contribution in [1.82, 2.24) is 15.5 Å². The van der Waals surface area contributed by atoms with Crippen LogP contribution in [0.5, 0.6) is 5.75 Å². The Bertz CT molecular complexity index is 720. The van der Waals surface area contributed by atoms with Crippen molar-refractivity contribution in [3.05, 3.63) is 29.3 Å². The lowest BCUT2D eigenvalue weighted by molar-refractivity contribution is -0.123. The third kappa shape index (κ3) is 5.95. The summed E-state index contributed by atoms with van der Waals surface area (Å²) >= 11 is 0. The number of methoxy groups -OCH3 is 1. The topological polar surface area (TPSA) is 114 Å². The van der Waals surface area contributed by atoms with Gasteiger partial charge in [-0.05, 0) is 43.5 Å². The van der Waals surface area contributed by atoms with E-state index in [0.29, 0.717) is 18.9 Å². The number of rotatable bonds is 3. The Hall–Kier alpha value is -2.61. The molecule has 2 heterocycles. The molecule has 8 nitrogen and oxygen atoms in total. The summed E-state index contributed by atoms with van der Waals surface area (Å²) in [5.74, 6) is 0.983. The number of amides is 4. The summed E-state index contributed by atoms with van der Waals surface area (Å²) in [7, 11) is 3.40. The highest BCUT2D eigenvalue weighted by Gasteiger charge is 2.41. The first kappa shape index (κ1) is 23.4. The minimum absolute atomic E-state index is 0.0777. The first-order chi connectivity index (χ1) is 13.1. The molecule has 4 amide bonds. The van der Waals surface area contributed by atoms with E-state index >= 15 is 0 Å². The average molecular weight is 393 g/mol. The molecule has 1 unspecified atom stereocenters. The Morgan fingerprint density at radius 3 is 2.36 bits per heavy atom. The first-order valence-corrected chi connectivity index (χ1v) is 9.34. The molecule has 1 atom stereocenters. The van der Waals surface area contributed by atoms with Crippen LogP contribution >= 0.6 is 0 Å². The number of nitrogens with one attached hydrogen (secondary N) is 2. The van der Waals surface area contributed by atoms with Gasteiger partial charge in [0.25, 0.3) is 11.8 Å². The summed E-state index contributed by atoms with van der Waals surface area (Å²) in [6, 6.07) is 5.23. The summed E-state index contributed by atoms with van der Waals surface area (Å²) in [6.45, 7) is 9.14. The predicted molar refractivity (Wildman–Crippen MR) is 108 cm³/mol. The van der Waals surface area contributed by atoms with Gasteiger partial charge >= 0.3 is 6.03 Å². The van der Waals surface area contributed by atoms with Gasteiger partial charge in [-0.3, -0.25) is 14.9 Å². The molecule has 156 valence electrons. The van der Waals surface area contributed by atoms with Gasteiger partial charge in [0.1, 0.15) is 11.3 Å². The molecule has 0 spiro atoms. The van der Waals surface area contributed by atoms with Gasteiger partial charge in [-0.15, -0.1) is 0 Å². The monoisotopic (exact) mass is 392 g/mol. The third-order valence-corrected chi connectivity index (χ3v) is 4.24. The van der Waals surface area contributed by atoms with E-state index in [1.807, 2.05) is 32.9 Å². The van der Waals surface area contributed by atoms with Crippen LogP contribution in [0.2, 0.25) is 0 Å². The molecule has 28 heavy (non-hydrogen) atoms. The second kappa shape index (κ2) is 10.1. The Morgan fingerprint density at radius 1 is 1.29 bits per heavy atom. The largest absolute Gasteiger partial charge is 0.497 e. The molecule has 1 aromatic rings. The van der Waals surface area contributed by atoms with Crippen LogP contribution in [0.3, 0.4) is 0 Å². The van der Waals surface area contributed by atoms with E-state index in [9.17, 15) is 14.4 Å². The zero-order chi connectivity index (χ0) is 21.5. The molecule has 0 aromatic heterocycles. The Balaban J connectivity index is 0.000000247. The van der Waals surface area contributed by atoms with Crippen LogP contribution in [-0.4, -0.2) is 49.0 Å². The number of carbonyl (C=O) groups excluding carboxylic acids is 3. The highest BCUT2D eigenvalue weighted by atomic mass is 16.5. The third-order valence-electron chi connectivity index (χ3n) is 4.24. The van der Waals surface area contributed by atoms with Crippen molar-refractivity contribution in [1.29, 1.82) is 0 Å². The molecular weight excluding hydrogens is 360 g/mol. The van der Waals surface area contributed by atoms with Gasteiger partial charge < -0.3 is 20.7 Å². The van der Waals surface area contributed by atoms with E-state index in [1.165, 1.54) is 0 Å². The SMILES string of the molecule is CC(C)CC1(C)NC(=O)NC1=O.CCN.COc1ccc2c(c1)C(=O)N(C)C2. The number of fused-ring (bicyclic) bond motifs is 1. The van der Waals surface area contributed by atoms with Crippen molar-refractivity contribution in [2.24, 2.45) is 11.7 Å². The van der Waals surface area contributed by atoms with Crippen LogP contribution in [0, 0.1) is 5.92 Å². The Morgan fingerprint density at radius 2 is 1.89 bits per heavy atom. The van der Waals surface area contributed by atoms with E-state index in [2.05, 4.69) is 10.6 Å². The first-order valence-electron chi connectivity index (χ1n) is 9.34. The van der Waals surface area contributed by atoms with Crippen LogP contribution in [-0.2, 0) is 11.3 Å². The van der Waals surface area contributed by atoms with Gasteiger partial charge in [0.2, 0.25) is 0 Å². The number of hydrogen-bond acceptors (Lipinski definition) is 5. The number of urea groups is 1. The minimum Gasteiger partial charge on any atom is -0.497 e. The van der Waals surface area contributed by atoms with Gasteiger partial charge in [-0.2, -0.15) is 0 Å². The van der Waals surface area contributed by atoms with E-state index in [-0.39, 0.29) is 17.8 Å². The van der Waals surface area contributed by atoms with Crippen LogP contribution in [0.1, 0.15) is 50.0 Å². The second-order valence-corrected chi connectivity index (χ2v) is 7.43. The molecule has 0 saturated carbocycles. The van der Waals surface area contributed by atoms with Crippen molar-refractivity contribution < 1.29 is 19.1 Å². The van der Waals surface area contributed by atoms with Crippen molar-refractivity contribution in [2.75, 3.05) is 20.7 Å². The van der Waals surface area contributed by atoms with E-state index in [0.717, 1.165) is 23.4 Å². The standard InChI is InChI=1S/C10H11NO2.C8H14N2O2.C2H7N/c1-11-6-7-3-4-8(13-2)5-9(7)10(11)12;1-5(2)4-8(3)6(11)9-7(12)10-8;1-2-3/h3-5H,6H2,1-2H3;5H,4H2,1-3H3,(H2,9,10,11,12);2-3H2,1H3. The highest BCUT2D eigenvalue weighted by Crippen LogP contribution is 2.25. The summed E-state index contributed by atoms with van der Waals surface area (Å²) < 4.78 is 5.05. The van der Waals surface area contributed by atoms with E-state index < -0.39 is 5.54 Å². The van der Waals surface area contributed by atoms with Gasteiger partial charge in [0, 0.05) is 19.2 Å². The molecule has 1 aromatic carbocycles. The summed E-state index contributed by atoms with van der Waals surface area (Å²) in [4.78, 5) is 35.3. The molecule has 1 fully saturated rings. The lowest BCUT2D eigenvalue weighted by Crippen LogP contribution is -2.44. The molecule has 8 heteroatoms. The van der Waals surface area contributed by atoms with Crippen molar-refractivity contribution in [3.63, 3.8) is 0 Å². The smallest absolute Gasteiger partial charge is 0.322 e. The lowest BCUT2D eigenvalue weighted by Gasteiger charge is -2.22. The van der Waals surface area contributed by atoms with Crippen LogP contribution < -0.4 is 21.1 Å². The lowest BCUT2D eigenvalue weighted by atomic mass is 9.91. The van der Waals surface area contributed by atoms with Crippen LogP contribution in [0.25, 0.3) is 0 Å². The molecule has 4 N–H and O–H groups in total. The highest BCUT2D eigenvalue weighted by molar-refractivity contribution is 6.06. The summed E-state index contributed by atoms with van der Waals surface area (Å²) in [5, 5.41) is 4.84. The summed E-state index contributed by atoms with van der Waals surface area (Å²) in [6.07, 6.45) is 0.671. The fraction of sp³-hybridized carbons (Fsp3) is 0.550. The maximum absolute atomic E-state index is 11.5. The maximum Gasteiger partial charge on any atom is 0.322 e. The van der Waals surface area contributed by atoms with Crippen molar-refractivity contribution in [3.8, 4) is 5.75 Å². The van der Waals surface area contributed by atoms with Crippen LogP contribution in [0.15, 0.2) is 18.2 Å². The molecule has 0 bridgehead atoms. The molecule has 1 saturated heterocycles. The van der Waals surface area contributed by atoms with Gasteiger partial charge in [-0.25, -0.2) is 4.79 Å². The number of ether oxygens (including phenoxy) is 1. The number of benzene rings is 1. The molecular formula is C20H32N4O4. The normalized spacial score (nSPS) is 19.9. The Kier molecular flexibility index (Phi) is 8.43. The zero-order valence-electron chi connectivity index (χ0n) is 17.6. The van der Waals surface area contributed by atoms with Gasteiger partial charge in [-0.1, -0.05) is 26.8 Å². The van der Waals surface area contributed by atoms with Gasteiger partial charge in [0.15, 0.2) is 0 Å². The number of imide groups is 1. The zero-order valence-corrected chi connectivity index (χ0v) is 17.6. The molecule has 0 radical (unpaired) electrons. The van der Waals surface area contributed by atoms with Gasteiger partial charge in [0.05, 0.1) is 7.11 Å². The number of carbonyl (C=O) groups is 3.